The SMILES string of the molecule is CCCc1nc(CCc2ccccc2)nn1Cc1ccc(-c2ncccc2-c2nn[nH]n2)cc1. The van der Waals surface area contributed by atoms with Crippen molar-refractivity contribution < 1.29 is 0 Å². The molecule has 0 atom stereocenters. The average Bonchev–Trinajstić information content (AvgIpc) is 3.55. The molecule has 3 heterocycles. The minimum Gasteiger partial charge on any atom is -0.255 e. The van der Waals surface area contributed by atoms with Gasteiger partial charge in [0, 0.05) is 30.2 Å². The second-order valence-electron chi connectivity index (χ2n) is 8.17. The van der Waals surface area contributed by atoms with Crippen molar-refractivity contribution in [1.82, 2.24) is 40.4 Å². The third-order valence-corrected chi connectivity index (χ3v) is 5.70. The minimum atomic E-state index is 0.530. The Morgan fingerprint density at radius 3 is 2.47 bits per heavy atom. The predicted octanol–water partition coefficient (Wildman–Crippen LogP) is 4.31. The van der Waals surface area contributed by atoms with E-state index in [1.54, 1.807) is 6.20 Å². The lowest BCUT2D eigenvalue weighted by Gasteiger charge is -2.08. The molecule has 0 unspecified atom stereocenters. The van der Waals surface area contributed by atoms with E-state index in [4.69, 9.17) is 10.1 Å². The molecule has 1 N–H and O–H groups in total. The molecule has 3 aromatic heterocycles. The zero-order valence-electron chi connectivity index (χ0n) is 19.1. The predicted molar refractivity (Wildman–Crippen MR) is 130 cm³/mol. The first kappa shape index (κ1) is 21.6. The summed E-state index contributed by atoms with van der Waals surface area (Å²) in [5.41, 5.74) is 5.14. The number of pyridine rings is 1. The highest BCUT2D eigenvalue weighted by atomic mass is 15.5. The van der Waals surface area contributed by atoms with E-state index < -0.39 is 0 Å². The standard InChI is InChI=1S/C26H26N8/c1-2-7-24-28-23(16-13-19-8-4-3-5-9-19)31-34(24)18-20-11-14-21(15-12-20)25-22(10-6-17-27-25)26-29-32-33-30-26/h3-6,8-12,14-15,17H,2,7,13,16,18H2,1H3,(H,29,30,32,33). The summed E-state index contributed by atoms with van der Waals surface area (Å²) in [6, 6.07) is 22.7. The number of H-pyrrole nitrogens is 1. The third-order valence-electron chi connectivity index (χ3n) is 5.70. The van der Waals surface area contributed by atoms with Crippen LogP contribution in [0.2, 0.25) is 0 Å². The Kier molecular flexibility index (Phi) is 6.47. The Hall–Kier alpha value is -4.20. The van der Waals surface area contributed by atoms with Crippen LogP contribution in [0.3, 0.4) is 0 Å². The number of nitrogens with one attached hydrogen (secondary N) is 1. The number of aromatic nitrogens is 8. The van der Waals surface area contributed by atoms with E-state index in [-0.39, 0.29) is 0 Å². The van der Waals surface area contributed by atoms with Crippen molar-refractivity contribution in [3.8, 4) is 22.6 Å². The zero-order chi connectivity index (χ0) is 23.2. The van der Waals surface area contributed by atoms with Gasteiger partial charge in [0.15, 0.2) is 5.82 Å². The summed E-state index contributed by atoms with van der Waals surface area (Å²) in [6.45, 7) is 2.86. The number of tetrazole rings is 1. The highest BCUT2D eigenvalue weighted by molar-refractivity contribution is 5.76. The summed E-state index contributed by atoms with van der Waals surface area (Å²) in [5.74, 6) is 2.47. The molecule has 0 saturated carbocycles. The fourth-order valence-corrected chi connectivity index (χ4v) is 4.00. The lowest BCUT2D eigenvalue weighted by atomic mass is 10.0. The lowest BCUT2D eigenvalue weighted by molar-refractivity contribution is 0.624. The molecular weight excluding hydrogens is 424 g/mol. The van der Waals surface area contributed by atoms with Crippen molar-refractivity contribution in [2.75, 3.05) is 0 Å². The van der Waals surface area contributed by atoms with Crippen molar-refractivity contribution >= 4 is 0 Å². The van der Waals surface area contributed by atoms with Gasteiger partial charge in [0.05, 0.1) is 12.2 Å². The molecular formula is C26H26N8. The van der Waals surface area contributed by atoms with Crippen LogP contribution in [0.4, 0.5) is 0 Å². The topological polar surface area (TPSA) is 98.1 Å². The molecule has 34 heavy (non-hydrogen) atoms. The van der Waals surface area contributed by atoms with Crippen LogP contribution >= 0.6 is 0 Å². The van der Waals surface area contributed by atoms with Crippen LogP contribution in [-0.4, -0.2) is 40.4 Å². The Morgan fingerprint density at radius 1 is 0.853 bits per heavy atom. The molecule has 0 saturated heterocycles. The van der Waals surface area contributed by atoms with Gasteiger partial charge >= 0.3 is 0 Å². The van der Waals surface area contributed by atoms with E-state index in [0.29, 0.717) is 12.4 Å². The number of hydrogen-bond acceptors (Lipinski definition) is 6. The highest BCUT2D eigenvalue weighted by Gasteiger charge is 2.13. The van der Waals surface area contributed by atoms with E-state index >= 15 is 0 Å². The summed E-state index contributed by atoms with van der Waals surface area (Å²) in [7, 11) is 0. The van der Waals surface area contributed by atoms with Crippen LogP contribution < -0.4 is 0 Å². The fourth-order valence-electron chi connectivity index (χ4n) is 4.00. The number of rotatable bonds is 9. The van der Waals surface area contributed by atoms with Crippen LogP contribution in [0, 0.1) is 0 Å². The van der Waals surface area contributed by atoms with Crippen LogP contribution in [0.25, 0.3) is 22.6 Å². The summed E-state index contributed by atoms with van der Waals surface area (Å²) in [5, 5.41) is 19.2. The third kappa shape index (κ3) is 4.91. The molecule has 2 aromatic carbocycles. The van der Waals surface area contributed by atoms with Gasteiger partial charge in [0.1, 0.15) is 5.82 Å². The van der Waals surface area contributed by atoms with E-state index in [9.17, 15) is 0 Å². The number of aryl methyl sites for hydroxylation is 3. The lowest BCUT2D eigenvalue weighted by Crippen LogP contribution is -2.07. The second kappa shape index (κ2) is 10.2. The first-order valence-electron chi connectivity index (χ1n) is 11.5. The number of nitrogens with zero attached hydrogens (tertiary/aromatic N) is 7. The van der Waals surface area contributed by atoms with Gasteiger partial charge in [-0.15, -0.1) is 10.2 Å². The zero-order valence-corrected chi connectivity index (χ0v) is 19.1. The molecule has 0 fully saturated rings. The maximum absolute atomic E-state index is 4.84. The largest absolute Gasteiger partial charge is 0.255 e. The Bertz CT molecular complexity index is 1330. The van der Waals surface area contributed by atoms with E-state index in [1.165, 1.54) is 5.56 Å². The van der Waals surface area contributed by atoms with E-state index in [2.05, 4.69) is 81.1 Å². The van der Waals surface area contributed by atoms with Gasteiger partial charge in [-0.2, -0.15) is 10.3 Å². The summed E-state index contributed by atoms with van der Waals surface area (Å²) in [4.78, 5) is 9.39. The van der Waals surface area contributed by atoms with Gasteiger partial charge in [-0.05, 0) is 41.3 Å². The minimum absolute atomic E-state index is 0.530. The van der Waals surface area contributed by atoms with Gasteiger partial charge in [-0.3, -0.25) is 4.98 Å². The maximum Gasteiger partial charge on any atom is 0.206 e. The molecule has 8 heteroatoms. The Labute approximate surface area is 198 Å². The molecule has 170 valence electrons. The molecule has 0 radical (unpaired) electrons. The van der Waals surface area contributed by atoms with Crippen molar-refractivity contribution in [2.24, 2.45) is 0 Å². The maximum atomic E-state index is 4.84. The molecule has 5 rings (SSSR count). The molecule has 0 aliphatic carbocycles. The van der Waals surface area contributed by atoms with Crippen molar-refractivity contribution in [3.05, 3.63) is 95.7 Å². The van der Waals surface area contributed by atoms with Gasteiger partial charge in [-0.1, -0.05) is 61.5 Å². The Morgan fingerprint density at radius 2 is 1.71 bits per heavy atom. The number of benzene rings is 2. The molecule has 8 nitrogen and oxygen atoms in total. The number of aromatic amines is 1. The summed E-state index contributed by atoms with van der Waals surface area (Å²) < 4.78 is 2.05. The van der Waals surface area contributed by atoms with E-state index in [0.717, 1.165) is 59.7 Å². The Balaban J connectivity index is 1.34. The van der Waals surface area contributed by atoms with Crippen LogP contribution in [-0.2, 0) is 25.8 Å². The van der Waals surface area contributed by atoms with Gasteiger partial charge < -0.3 is 0 Å². The van der Waals surface area contributed by atoms with Gasteiger partial charge in [-0.25, -0.2) is 9.67 Å². The van der Waals surface area contributed by atoms with Crippen molar-refractivity contribution in [2.45, 2.75) is 39.2 Å². The first-order valence-corrected chi connectivity index (χ1v) is 11.5. The van der Waals surface area contributed by atoms with Crippen LogP contribution in [0.1, 0.15) is 36.1 Å². The van der Waals surface area contributed by atoms with Crippen LogP contribution in [0.15, 0.2) is 72.9 Å². The second-order valence-corrected chi connectivity index (χ2v) is 8.17. The smallest absolute Gasteiger partial charge is 0.206 e. The van der Waals surface area contributed by atoms with Crippen LogP contribution in [0.5, 0.6) is 0 Å². The molecule has 0 aliphatic rings. The molecule has 0 aliphatic heterocycles. The van der Waals surface area contributed by atoms with Gasteiger partial charge in [0.2, 0.25) is 5.82 Å². The van der Waals surface area contributed by atoms with Gasteiger partial charge in [0.25, 0.3) is 0 Å². The van der Waals surface area contributed by atoms with Crippen molar-refractivity contribution in [1.29, 1.82) is 0 Å². The fraction of sp³-hybridized carbons (Fsp3) is 0.231. The monoisotopic (exact) mass is 450 g/mol. The van der Waals surface area contributed by atoms with Crippen molar-refractivity contribution in [3.63, 3.8) is 0 Å². The highest BCUT2D eigenvalue weighted by Crippen LogP contribution is 2.27. The quantitative estimate of drug-likeness (QED) is 0.359. The average molecular weight is 451 g/mol. The molecule has 0 amide bonds. The van der Waals surface area contributed by atoms with E-state index in [1.807, 2.05) is 22.9 Å². The molecule has 0 bridgehead atoms. The normalized spacial score (nSPS) is 11.1. The number of hydrogen-bond donors (Lipinski definition) is 1. The molecule has 5 aromatic rings. The summed E-state index contributed by atoms with van der Waals surface area (Å²) >= 11 is 0. The first-order chi connectivity index (χ1) is 16.8. The molecule has 0 spiro atoms. The summed E-state index contributed by atoms with van der Waals surface area (Å²) in [6.07, 6.45) is 5.51.